The van der Waals surface area contributed by atoms with Crippen molar-refractivity contribution in [1.82, 2.24) is 5.43 Å². The van der Waals surface area contributed by atoms with Crippen molar-refractivity contribution in [3.63, 3.8) is 0 Å². The molecule has 2 fully saturated rings. The van der Waals surface area contributed by atoms with Gasteiger partial charge in [-0.15, -0.1) is 0 Å². The summed E-state index contributed by atoms with van der Waals surface area (Å²) in [4.78, 5) is 0. The van der Waals surface area contributed by atoms with Crippen LogP contribution in [0.1, 0.15) is 51.4 Å². The van der Waals surface area contributed by atoms with Crippen molar-refractivity contribution >= 4 is 0 Å². The van der Waals surface area contributed by atoms with E-state index in [-0.39, 0.29) is 5.60 Å². The van der Waals surface area contributed by atoms with Gasteiger partial charge in [0.05, 0.1) is 12.2 Å². The van der Waals surface area contributed by atoms with Crippen molar-refractivity contribution in [2.75, 3.05) is 19.8 Å². The Morgan fingerprint density at radius 3 is 3.05 bits per heavy atom. The molecule has 2 aliphatic heterocycles. The van der Waals surface area contributed by atoms with Gasteiger partial charge in [0.15, 0.2) is 0 Å². The average molecular weight is 280 g/mol. The minimum atomic E-state index is -0.0149. The molecule has 2 saturated heterocycles. The minimum absolute atomic E-state index is 0.0149. The van der Waals surface area contributed by atoms with Crippen molar-refractivity contribution < 1.29 is 9.47 Å². The predicted molar refractivity (Wildman–Crippen MR) is 79.1 cm³/mol. The number of hydrazine groups is 1. The zero-order valence-electron chi connectivity index (χ0n) is 12.4. The number of hydrogen-bond acceptors (Lipinski definition) is 4. The zero-order valence-corrected chi connectivity index (χ0v) is 12.4. The highest BCUT2D eigenvalue weighted by Crippen LogP contribution is 2.38. The van der Waals surface area contributed by atoms with Crippen LogP contribution in [0.3, 0.4) is 0 Å². The lowest BCUT2D eigenvalue weighted by molar-refractivity contribution is -0.103. The maximum atomic E-state index is 6.03. The van der Waals surface area contributed by atoms with E-state index in [4.69, 9.17) is 15.3 Å². The van der Waals surface area contributed by atoms with Crippen LogP contribution in [-0.4, -0.2) is 31.5 Å². The molecule has 3 aliphatic rings. The van der Waals surface area contributed by atoms with Crippen molar-refractivity contribution in [1.29, 1.82) is 0 Å². The fourth-order valence-electron chi connectivity index (χ4n) is 4.01. The molecule has 1 spiro atoms. The van der Waals surface area contributed by atoms with Crippen LogP contribution in [-0.2, 0) is 9.47 Å². The molecular weight excluding hydrogens is 252 g/mol. The van der Waals surface area contributed by atoms with E-state index in [2.05, 4.69) is 11.5 Å². The lowest BCUT2D eigenvalue weighted by Gasteiger charge is -2.40. The van der Waals surface area contributed by atoms with Gasteiger partial charge >= 0.3 is 0 Å². The number of rotatable bonds is 4. The number of allylic oxidation sites excluding steroid dienone is 1. The molecule has 0 bridgehead atoms. The normalized spacial score (nSPS) is 36.0. The van der Waals surface area contributed by atoms with E-state index in [1.54, 1.807) is 5.57 Å². The highest BCUT2D eigenvalue weighted by molar-refractivity contribution is 5.08. The van der Waals surface area contributed by atoms with Crippen LogP contribution in [0.15, 0.2) is 11.6 Å². The van der Waals surface area contributed by atoms with Crippen LogP contribution >= 0.6 is 0 Å². The maximum absolute atomic E-state index is 6.03. The third-order valence-electron chi connectivity index (χ3n) is 5.25. The predicted octanol–water partition coefficient (Wildman–Crippen LogP) is 2.29. The standard InChI is InChI=1S/C16H28N2O2/c17-18-15(10-13-4-2-1-3-5-13)14-6-8-20-16(11-14)7-9-19-12-16/h4,14-15,18H,1-3,5-12,17H2. The van der Waals surface area contributed by atoms with E-state index in [0.29, 0.717) is 12.0 Å². The van der Waals surface area contributed by atoms with Gasteiger partial charge < -0.3 is 9.47 Å². The third kappa shape index (κ3) is 3.25. The SMILES string of the molecule is NNC(CC1=CCCCC1)C1CCOC2(CCOC2)C1. The van der Waals surface area contributed by atoms with E-state index in [0.717, 1.165) is 45.5 Å². The maximum Gasteiger partial charge on any atom is 0.0939 e. The lowest BCUT2D eigenvalue weighted by Crippen LogP contribution is -2.49. The molecule has 3 N–H and O–H groups in total. The van der Waals surface area contributed by atoms with Gasteiger partial charge in [-0.05, 0) is 50.9 Å². The number of nitrogens with two attached hydrogens (primary N) is 1. The van der Waals surface area contributed by atoms with Crippen molar-refractivity contribution in [2.45, 2.75) is 63.0 Å². The molecule has 0 aromatic carbocycles. The second kappa shape index (κ2) is 6.56. The lowest BCUT2D eigenvalue weighted by atomic mass is 9.78. The molecular formula is C16H28N2O2. The Hall–Kier alpha value is -0.420. The number of hydrogen-bond donors (Lipinski definition) is 2. The molecule has 0 radical (unpaired) electrons. The summed E-state index contributed by atoms with van der Waals surface area (Å²) in [5.41, 5.74) is 4.67. The highest BCUT2D eigenvalue weighted by atomic mass is 16.6. The van der Waals surface area contributed by atoms with E-state index in [1.807, 2.05) is 0 Å². The van der Waals surface area contributed by atoms with Gasteiger partial charge in [-0.1, -0.05) is 11.6 Å². The van der Waals surface area contributed by atoms with Gasteiger partial charge in [-0.3, -0.25) is 11.3 Å². The summed E-state index contributed by atoms with van der Waals surface area (Å²) < 4.78 is 11.6. The molecule has 4 heteroatoms. The Bertz CT molecular complexity index is 350. The molecule has 0 aromatic rings. The molecule has 2 heterocycles. The van der Waals surface area contributed by atoms with E-state index in [1.165, 1.54) is 25.7 Å². The van der Waals surface area contributed by atoms with Gasteiger partial charge in [0.25, 0.3) is 0 Å². The van der Waals surface area contributed by atoms with Gasteiger partial charge in [0.1, 0.15) is 0 Å². The van der Waals surface area contributed by atoms with E-state index >= 15 is 0 Å². The number of nitrogens with one attached hydrogen (secondary N) is 1. The van der Waals surface area contributed by atoms with E-state index < -0.39 is 0 Å². The minimum Gasteiger partial charge on any atom is -0.378 e. The first-order valence-electron chi connectivity index (χ1n) is 8.17. The Balaban J connectivity index is 1.61. The summed E-state index contributed by atoms with van der Waals surface area (Å²) in [7, 11) is 0. The number of ether oxygens (including phenoxy) is 2. The van der Waals surface area contributed by atoms with Gasteiger partial charge in [0.2, 0.25) is 0 Å². The first kappa shape index (κ1) is 14.5. The molecule has 1 aliphatic carbocycles. The van der Waals surface area contributed by atoms with Crippen molar-refractivity contribution in [3.8, 4) is 0 Å². The summed E-state index contributed by atoms with van der Waals surface area (Å²) in [6.45, 7) is 2.47. The Morgan fingerprint density at radius 1 is 1.40 bits per heavy atom. The summed E-state index contributed by atoms with van der Waals surface area (Å²) in [5.74, 6) is 6.47. The molecule has 0 amide bonds. The van der Waals surface area contributed by atoms with Gasteiger partial charge in [-0.2, -0.15) is 0 Å². The molecule has 4 nitrogen and oxygen atoms in total. The smallest absolute Gasteiger partial charge is 0.0939 e. The second-order valence-corrected chi connectivity index (χ2v) is 6.67. The Morgan fingerprint density at radius 2 is 2.35 bits per heavy atom. The van der Waals surface area contributed by atoms with Crippen LogP contribution in [0.4, 0.5) is 0 Å². The molecule has 3 atom stereocenters. The highest BCUT2D eigenvalue weighted by Gasteiger charge is 2.42. The van der Waals surface area contributed by atoms with Gasteiger partial charge in [-0.25, -0.2) is 0 Å². The fourth-order valence-corrected chi connectivity index (χ4v) is 4.01. The quantitative estimate of drug-likeness (QED) is 0.471. The van der Waals surface area contributed by atoms with Crippen LogP contribution in [0.25, 0.3) is 0 Å². The molecule has 114 valence electrons. The fraction of sp³-hybridized carbons (Fsp3) is 0.875. The summed E-state index contributed by atoms with van der Waals surface area (Å²) >= 11 is 0. The summed E-state index contributed by atoms with van der Waals surface area (Å²) in [6, 6.07) is 0.390. The largest absolute Gasteiger partial charge is 0.378 e. The summed E-state index contributed by atoms with van der Waals surface area (Å²) in [5, 5.41) is 0. The molecule has 0 aromatic heterocycles. The zero-order chi connectivity index (χ0) is 13.8. The Labute approximate surface area is 122 Å². The van der Waals surface area contributed by atoms with Crippen LogP contribution < -0.4 is 11.3 Å². The van der Waals surface area contributed by atoms with Crippen LogP contribution in [0.2, 0.25) is 0 Å². The first-order valence-corrected chi connectivity index (χ1v) is 8.17. The second-order valence-electron chi connectivity index (χ2n) is 6.67. The third-order valence-corrected chi connectivity index (χ3v) is 5.25. The molecule has 20 heavy (non-hydrogen) atoms. The molecule has 3 rings (SSSR count). The summed E-state index contributed by atoms with van der Waals surface area (Å²) in [6.07, 6.45) is 12.0. The van der Waals surface area contributed by atoms with E-state index in [9.17, 15) is 0 Å². The molecule has 0 saturated carbocycles. The topological polar surface area (TPSA) is 56.5 Å². The van der Waals surface area contributed by atoms with Crippen molar-refractivity contribution in [3.05, 3.63) is 11.6 Å². The molecule has 3 unspecified atom stereocenters. The van der Waals surface area contributed by atoms with Gasteiger partial charge in [0, 0.05) is 25.7 Å². The average Bonchev–Trinajstić information content (AvgIpc) is 2.93. The Kier molecular flexibility index (Phi) is 4.76. The monoisotopic (exact) mass is 280 g/mol. The first-order chi connectivity index (χ1) is 9.81. The van der Waals surface area contributed by atoms with Crippen LogP contribution in [0, 0.1) is 5.92 Å². The van der Waals surface area contributed by atoms with Crippen LogP contribution in [0.5, 0.6) is 0 Å². The van der Waals surface area contributed by atoms with Crippen molar-refractivity contribution in [2.24, 2.45) is 11.8 Å².